The molecule has 0 radical (unpaired) electrons. The molecular weight excluding hydrogens is 508 g/mol. The number of hydrogen-bond acceptors (Lipinski definition) is 8. The van der Waals surface area contributed by atoms with Crippen molar-refractivity contribution in [1.29, 1.82) is 0 Å². The van der Waals surface area contributed by atoms with Crippen molar-refractivity contribution in [1.82, 2.24) is 34.5 Å². The van der Waals surface area contributed by atoms with Crippen molar-refractivity contribution in [2.75, 3.05) is 38.7 Å². The first kappa shape index (κ1) is 24.8. The second-order valence-corrected chi connectivity index (χ2v) is 9.90. The van der Waals surface area contributed by atoms with Gasteiger partial charge in [-0.15, -0.1) is 10.2 Å². The Kier molecular flexibility index (Phi) is 5.90. The molecule has 10 nitrogen and oxygen atoms in total. The van der Waals surface area contributed by atoms with Crippen LogP contribution in [0.4, 0.5) is 23.5 Å². The highest BCUT2D eigenvalue weighted by Crippen LogP contribution is 2.35. The van der Waals surface area contributed by atoms with E-state index in [-0.39, 0.29) is 30.8 Å². The van der Waals surface area contributed by atoms with Gasteiger partial charge in [0, 0.05) is 25.2 Å². The molecule has 2 aliphatic heterocycles. The van der Waals surface area contributed by atoms with Gasteiger partial charge in [0.1, 0.15) is 17.6 Å². The van der Waals surface area contributed by atoms with E-state index in [2.05, 4.69) is 25.7 Å². The van der Waals surface area contributed by atoms with Gasteiger partial charge in [0.05, 0.1) is 44.5 Å². The molecule has 2 fully saturated rings. The third kappa shape index (κ3) is 4.51. The molecule has 38 heavy (non-hydrogen) atoms. The molecule has 1 aromatic carbocycles. The molecule has 0 amide bonds. The molecule has 0 aliphatic carbocycles. The summed E-state index contributed by atoms with van der Waals surface area (Å²) in [6.45, 7) is 1.34. The van der Waals surface area contributed by atoms with E-state index < -0.39 is 24.4 Å². The Labute approximate surface area is 214 Å². The molecule has 1 N–H and O–H groups in total. The number of piperidine rings is 1. The summed E-state index contributed by atoms with van der Waals surface area (Å²) >= 11 is 0. The van der Waals surface area contributed by atoms with E-state index in [1.165, 1.54) is 11.6 Å². The highest BCUT2D eigenvalue weighted by molar-refractivity contribution is 5.89. The van der Waals surface area contributed by atoms with Gasteiger partial charge >= 0.3 is 0 Å². The predicted molar refractivity (Wildman–Crippen MR) is 130 cm³/mol. The van der Waals surface area contributed by atoms with Crippen LogP contribution >= 0.6 is 0 Å². The monoisotopic (exact) mass is 534 g/mol. The summed E-state index contributed by atoms with van der Waals surface area (Å²) in [6.07, 6.45) is 1.89. The van der Waals surface area contributed by atoms with Gasteiger partial charge in [0.2, 0.25) is 11.8 Å². The third-order valence-corrected chi connectivity index (χ3v) is 6.99. The van der Waals surface area contributed by atoms with Crippen LogP contribution in [0.25, 0.3) is 27.7 Å². The molecule has 14 heteroatoms. The lowest BCUT2D eigenvalue weighted by Crippen LogP contribution is -2.61. The van der Waals surface area contributed by atoms with Crippen LogP contribution in [0.3, 0.4) is 0 Å². The number of likely N-dealkylation sites (tertiary alicyclic amines) is 1. The zero-order valence-electron chi connectivity index (χ0n) is 20.7. The van der Waals surface area contributed by atoms with Crippen LogP contribution in [-0.2, 0) is 11.3 Å². The molecule has 5 heterocycles. The summed E-state index contributed by atoms with van der Waals surface area (Å²) in [7, 11) is 1.43. The summed E-state index contributed by atoms with van der Waals surface area (Å²) in [4.78, 5) is 6.14. The lowest BCUT2D eigenvalue weighted by molar-refractivity contribution is -0.131. The van der Waals surface area contributed by atoms with Crippen LogP contribution in [0.15, 0.2) is 30.5 Å². The van der Waals surface area contributed by atoms with Gasteiger partial charge in [0.15, 0.2) is 0 Å². The molecule has 1 atom stereocenters. The van der Waals surface area contributed by atoms with Crippen molar-refractivity contribution in [2.45, 2.75) is 43.8 Å². The number of ether oxygens (including phenoxy) is 2. The van der Waals surface area contributed by atoms with Crippen molar-refractivity contribution in [3.8, 4) is 17.0 Å². The van der Waals surface area contributed by atoms with Crippen LogP contribution in [0.2, 0.25) is 0 Å². The Balaban J connectivity index is 1.30. The van der Waals surface area contributed by atoms with Gasteiger partial charge in [-0.3, -0.25) is 4.90 Å². The topological polar surface area (TPSA) is 94.6 Å². The zero-order chi connectivity index (χ0) is 26.7. The Morgan fingerprint density at radius 3 is 2.74 bits per heavy atom. The maximum absolute atomic E-state index is 15.0. The van der Waals surface area contributed by atoms with E-state index in [4.69, 9.17) is 9.47 Å². The molecule has 4 aromatic rings. The number of benzene rings is 1. The van der Waals surface area contributed by atoms with Crippen molar-refractivity contribution in [3.63, 3.8) is 0 Å². The molecule has 2 aliphatic rings. The van der Waals surface area contributed by atoms with Crippen molar-refractivity contribution >= 4 is 22.5 Å². The molecule has 202 valence electrons. The number of fused-ring (bicyclic) bond motifs is 2. The minimum absolute atomic E-state index is 0.0181. The quantitative estimate of drug-likeness (QED) is 0.361. The lowest BCUT2D eigenvalue weighted by atomic mass is 9.98. The molecule has 2 saturated heterocycles. The van der Waals surface area contributed by atoms with Crippen LogP contribution in [0.1, 0.15) is 13.3 Å². The second kappa shape index (κ2) is 9.05. The number of nitrogens with zero attached hydrogens (tertiary/aromatic N) is 7. The highest BCUT2D eigenvalue weighted by Gasteiger charge is 2.47. The van der Waals surface area contributed by atoms with Gasteiger partial charge in [-0.1, -0.05) is 11.3 Å². The average molecular weight is 535 g/mol. The van der Waals surface area contributed by atoms with Gasteiger partial charge in [-0.2, -0.15) is 4.98 Å². The second-order valence-electron chi connectivity index (χ2n) is 9.90. The summed E-state index contributed by atoms with van der Waals surface area (Å²) < 4.78 is 70.6. The predicted octanol–water partition coefficient (Wildman–Crippen LogP) is 3.33. The van der Waals surface area contributed by atoms with Crippen molar-refractivity contribution < 1.29 is 27.0 Å². The first-order valence-electron chi connectivity index (χ1n) is 12.2. The SMILES string of the molecule is COc1nc(N[C@@H]2CCN(C3COC3)CC2(F)F)nn2ccc(-c3ccc4nnn(CC(C)(F)F)c4c3)c12. The van der Waals surface area contributed by atoms with Gasteiger partial charge in [-0.25, -0.2) is 26.8 Å². The van der Waals surface area contributed by atoms with E-state index in [0.29, 0.717) is 47.4 Å². The smallest absolute Gasteiger partial charge is 0.280 e. The van der Waals surface area contributed by atoms with Gasteiger partial charge in [-0.05, 0) is 30.2 Å². The number of hydrogen-bond donors (Lipinski definition) is 1. The largest absolute Gasteiger partial charge is 0.479 e. The summed E-state index contributed by atoms with van der Waals surface area (Å²) in [5.41, 5.74) is 2.79. The molecule has 3 aromatic heterocycles. The lowest BCUT2D eigenvalue weighted by Gasteiger charge is -2.44. The van der Waals surface area contributed by atoms with Gasteiger partial charge in [0.25, 0.3) is 11.8 Å². The van der Waals surface area contributed by atoms with E-state index >= 15 is 0 Å². The highest BCUT2D eigenvalue weighted by atomic mass is 19.3. The molecule has 6 rings (SSSR count). The van der Waals surface area contributed by atoms with E-state index in [1.807, 2.05) is 0 Å². The molecule has 0 spiro atoms. The Morgan fingerprint density at radius 2 is 2.05 bits per heavy atom. The van der Waals surface area contributed by atoms with Crippen LogP contribution < -0.4 is 10.1 Å². The Morgan fingerprint density at radius 1 is 1.24 bits per heavy atom. The number of anilines is 1. The maximum Gasteiger partial charge on any atom is 0.280 e. The summed E-state index contributed by atoms with van der Waals surface area (Å²) in [6, 6.07) is 5.87. The fourth-order valence-electron chi connectivity index (χ4n) is 4.99. The third-order valence-electron chi connectivity index (χ3n) is 6.99. The average Bonchev–Trinajstić information content (AvgIpc) is 3.42. The van der Waals surface area contributed by atoms with E-state index in [0.717, 1.165) is 11.6 Å². The standard InChI is InChI=1S/C24H26F4N8O2/c1-23(25,26)12-36-18-9-14(3-4-17(18)31-33-36)16-5-8-35-20(16)21(37-2)30-22(32-35)29-19-6-7-34(13-24(19,27)28)15-10-38-11-15/h3-5,8-9,15,19H,6-7,10-13H2,1-2H3,(H,29,32)/t19-/m1/s1. The fourth-order valence-corrected chi connectivity index (χ4v) is 4.99. The van der Waals surface area contributed by atoms with E-state index in [9.17, 15) is 17.6 Å². The molecule has 0 saturated carbocycles. The van der Waals surface area contributed by atoms with Crippen LogP contribution in [0, 0.1) is 0 Å². The van der Waals surface area contributed by atoms with Crippen molar-refractivity contribution in [3.05, 3.63) is 30.5 Å². The molecule has 0 bridgehead atoms. The number of methoxy groups -OCH3 is 1. The maximum atomic E-state index is 15.0. The molecular formula is C24H26F4N8O2. The Bertz CT molecular complexity index is 1480. The van der Waals surface area contributed by atoms with Crippen LogP contribution in [0.5, 0.6) is 5.88 Å². The number of alkyl halides is 4. The number of aromatic nitrogens is 6. The van der Waals surface area contributed by atoms with Crippen LogP contribution in [-0.4, -0.2) is 91.8 Å². The summed E-state index contributed by atoms with van der Waals surface area (Å²) in [5.74, 6) is -5.74. The minimum atomic E-state index is -2.98. The fraction of sp³-hybridized carbons (Fsp3) is 0.500. The zero-order valence-corrected chi connectivity index (χ0v) is 20.7. The van der Waals surface area contributed by atoms with Crippen molar-refractivity contribution in [2.24, 2.45) is 0 Å². The minimum Gasteiger partial charge on any atom is -0.479 e. The van der Waals surface area contributed by atoms with E-state index in [1.54, 1.807) is 35.4 Å². The summed E-state index contributed by atoms with van der Waals surface area (Å²) in [5, 5.41) is 15.0. The molecule has 0 unspecified atom stereocenters. The number of halogens is 4. The number of nitrogens with one attached hydrogen (secondary N) is 1. The van der Waals surface area contributed by atoms with Gasteiger partial charge < -0.3 is 14.8 Å². The first-order valence-corrected chi connectivity index (χ1v) is 12.2. The normalized spacial score (nSPS) is 20.6. The number of rotatable bonds is 7. The first-order chi connectivity index (χ1) is 18.1. The Hall–Kier alpha value is -3.52.